The van der Waals surface area contributed by atoms with E-state index >= 15 is 0 Å². The molecule has 2 aliphatic rings. The van der Waals surface area contributed by atoms with Crippen molar-refractivity contribution in [2.45, 2.75) is 57.2 Å². The minimum Gasteiger partial charge on any atom is -0.468 e. The molecule has 1 aliphatic carbocycles. The average molecular weight is 248 g/mol. The third-order valence-corrected chi connectivity index (χ3v) is 4.16. The van der Waals surface area contributed by atoms with E-state index < -0.39 is 0 Å². The fourth-order valence-corrected chi connectivity index (χ4v) is 2.98. The average Bonchev–Trinajstić information content (AvgIpc) is 2.89. The van der Waals surface area contributed by atoms with E-state index in [1.54, 1.807) is 6.26 Å². The molecule has 1 atom stereocenters. The zero-order valence-electron chi connectivity index (χ0n) is 11.1. The number of hydrogen-bond acceptors (Lipinski definition) is 3. The van der Waals surface area contributed by atoms with E-state index in [1.807, 2.05) is 6.07 Å². The van der Waals surface area contributed by atoms with Crippen molar-refractivity contribution in [2.75, 3.05) is 13.1 Å². The van der Waals surface area contributed by atoms with E-state index in [-0.39, 0.29) is 0 Å². The van der Waals surface area contributed by atoms with Crippen molar-refractivity contribution in [1.82, 2.24) is 10.2 Å². The maximum Gasteiger partial charge on any atom is 0.117 e. The smallest absolute Gasteiger partial charge is 0.117 e. The molecule has 0 radical (unpaired) electrons. The van der Waals surface area contributed by atoms with Crippen LogP contribution in [-0.2, 0) is 6.54 Å². The van der Waals surface area contributed by atoms with Crippen LogP contribution >= 0.6 is 0 Å². The van der Waals surface area contributed by atoms with Gasteiger partial charge in [-0.15, -0.1) is 0 Å². The van der Waals surface area contributed by atoms with Crippen molar-refractivity contribution in [3.05, 3.63) is 24.2 Å². The summed E-state index contributed by atoms with van der Waals surface area (Å²) in [6, 6.07) is 5.69. The van der Waals surface area contributed by atoms with Crippen LogP contribution in [0.1, 0.15) is 44.3 Å². The van der Waals surface area contributed by atoms with Gasteiger partial charge in [0.1, 0.15) is 5.76 Å². The van der Waals surface area contributed by atoms with Gasteiger partial charge in [-0.25, -0.2) is 0 Å². The molecule has 18 heavy (non-hydrogen) atoms. The van der Waals surface area contributed by atoms with Gasteiger partial charge in [-0.1, -0.05) is 0 Å². The van der Waals surface area contributed by atoms with Crippen LogP contribution in [0, 0.1) is 0 Å². The number of furan rings is 1. The third kappa shape index (κ3) is 3.36. The van der Waals surface area contributed by atoms with Crippen molar-refractivity contribution < 1.29 is 4.42 Å². The molecule has 1 aliphatic heterocycles. The van der Waals surface area contributed by atoms with Gasteiger partial charge in [-0.05, 0) is 63.7 Å². The molecule has 1 N–H and O–H groups in total. The summed E-state index contributed by atoms with van der Waals surface area (Å²) >= 11 is 0. The van der Waals surface area contributed by atoms with E-state index in [2.05, 4.69) is 16.3 Å². The van der Waals surface area contributed by atoms with E-state index in [1.165, 1.54) is 51.6 Å². The molecular weight excluding hydrogens is 224 g/mol. The number of nitrogens with zero attached hydrogens (tertiary/aromatic N) is 1. The van der Waals surface area contributed by atoms with Crippen LogP contribution in [0.15, 0.2) is 22.8 Å². The monoisotopic (exact) mass is 248 g/mol. The quantitative estimate of drug-likeness (QED) is 0.804. The Labute approximate surface area is 110 Å². The van der Waals surface area contributed by atoms with Crippen LogP contribution in [0.3, 0.4) is 0 Å². The first-order valence-corrected chi connectivity index (χ1v) is 7.41. The Kier molecular flexibility index (Phi) is 4.01. The van der Waals surface area contributed by atoms with E-state index in [4.69, 9.17) is 4.42 Å². The standard InChI is InChI=1S/C15H24N2O/c1-4-13(16-9-1)5-2-10-17(14-7-8-14)12-15-6-3-11-18-15/h3,6,11,13-14,16H,1-2,4-5,7-10,12H2. The van der Waals surface area contributed by atoms with E-state index in [0.717, 1.165) is 24.4 Å². The number of hydrogen-bond donors (Lipinski definition) is 1. The number of nitrogens with one attached hydrogen (secondary N) is 1. The summed E-state index contributed by atoms with van der Waals surface area (Å²) in [7, 11) is 0. The largest absolute Gasteiger partial charge is 0.468 e. The van der Waals surface area contributed by atoms with Crippen LogP contribution in [-0.4, -0.2) is 30.1 Å². The SMILES string of the molecule is c1coc(CN(CCCC2CCCN2)C2CC2)c1. The van der Waals surface area contributed by atoms with Crippen molar-refractivity contribution >= 4 is 0 Å². The Morgan fingerprint density at radius 1 is 1.33 bits per heavy atom. The first-order valence-electron chi connectivity index (χ1n) is 7.41. The molecule has 0 spiro atoms. The van der Waals surface area contributed by atoms with Gasteiger partial charge in [-0.2, -0.15) is 0 Å². The molecule has 1 aromatic rings. The summed E-state index contributed by atoms with van der Waals surface area (Å²) in [4.78, 5) is 2.60. The molecule has 1 unspecified atom stereocenters. The zero-order valence-corrected chi connectivity index (χ0v) is 11.1. The second-order valence-corrected chi connectivity index (χ2v) is 5.72. The summed E-state index contributed by atoms with van der Waals surface area (Å²) in [5.74, 6) is 1.11. The van der Waals surface area contributed by atoms with Gasteiger partial charge in [0.15, 0.2) is 0 Å². The second kappa shape index (κ2) is 5.89. The lowest BCUT2D eigenvalue weighted by molar-refractivity contribution is 0.226. The summed E-state index contributed by atoms with van der Waals surface area (Å²) in [5, 5.41) is 3.58. The molecule has 3 nitrogen and oxygen atoms in total. The fraction of sp³-hybridized carbons (Fsp3) is 0.733. The highest BCUT2D eigenvalue weighted by molar-refractivity contribution is 4.99. The molecule has 2 heterocycles. The summed E-state index contributed by atoms with van der Waals surface area (Å²) < 4.78 is 5.47. The van der Waals surface area contributed by atoms with E-state index in [9.17, 15) is 0 Å². The molecule has 0 aromatic carbocycles. The summed E-state index contributed by atoms with van der Waals surface area (Å²) in [5.41, 5.74) is 0. The minimum absolute atomic E-state index is 0.787. The van der Waals surface area contributed by atoms with Gasteiger partial charge < -0.3 is 9.73 Å². The van der Waals surface area contributed by atoms with Gasteiger partial charge in [0.2, 0.25) is 0 Å². The molecule has 3 rings (SSSR count). The Morgan fingerprint density at radius 3 is 2.94 bits per heavy atom. The predicted octanol–water partition coefficient (Wildman–Crippen LogP) is 2.78. The Balaban J connectivity index is 1.42. The second-order valence-electron chi connectivity index (χ2n) is 5.72. The molecule has 100 valence electrons. The zero-order chi connectivity index (χ0) is 12.2. The molecule has 1 saturated carbocycles. The molecule has 0 bridgehead atoms. The number of rotatable bonds is 7. The van der Waals surface area contributed by atoms with Crippen LogP contribution < -0.4 is 5.32 Å². The van der Waals surface area contributed by atoms with Gasteiger partial charge >= 0.3 is 0 Å². The molecule has 1 saturated heterocycles. The summed E-state index contributed by atoms with van der Waals surface area (Å²) in [6.07, 6.45) is 9.93. The predicted molar refractivity (Wildman–Crippen MR) is 72.4 cm³/mol. The maximum atomic E-state index is 5.47. The topological polar surface area (TPSA) is 28.4 Å². The maximum absolute atomic E-state index is 5.47. The fourth-order valence-electron chi connectivity index (χ4n) is 2.98. The highest BCUT2D eigenvalue weighted by Gasteiger charge is 2.29. The molecule has 2 fully saturated rings. The van der Waals surface area contributed by atoms with E-state index in [0.29, 0.717) is 0 Å². The molecule has 3 heteroatoms. The summed E-state index contributed by atoms with van der Waals surface area (Å²) in [6.45, 7) is 3.45. The molecule has 0 amide bonds. The lowest BCUT2D eigenvalue weighted by Crippen LogP contribution is -2.28. The lowest BCUT2D eigenvalue weighted by atomic mass is 10.1. The van der Waals surface area contributed by atoms with Crippen LogP contribution in [0.2, 0.25) is 0 Å². The van der Waals surface area contributed by atoms with Gasteiger partial charge in [-0.3, -0.25) is 4.90 Å². The Bertz CT molecular complexity index is 339. The molecular formula is C15H24N2O. The van der Waals surface area contributed by atoms with Crippen molar-refractivity contribution in [3.63, 3.8) is 0 Å². The molecule has 1 aromatic heterocycles. The van der Waals surface area contributed by atoms with Crippen molar-refractivity contribution in [2.24, 2.45) is 0 Å². The minimum atomic E-state index is 0.787. The van der Waals surface area contributed by atoms with Gasteiger partial charge in [0, 0.05) is 12.1 Å². The highest BCUT2D eigenvalue weighted by Crippen LogP contribution is 2.28. The Hall–Kier alpha value is -0.800. The van der Waals surface area contributed by atoms with Gasteiger partial charge in [0.25, 0.3) is 0 Å². The first kappa shape index (κ1) is 12.2. The lowest BCUT2D eigenvalue weighted by Gasteiger charge is -2.21. The van der Waals surface area contributed by atoms with Crippen molar-refractivity contribution in [3.8, 4) is 0 Å². The van der Waals surface area contributed by atoms with Gasteiger partial charge in [0.05, 0.1) is 12.8 Å². The van der Waals surface area contributed by atoms with Crippen molar-refractivity contribution in [1.29, 1.82) is 0 Å². The van der Waals surface area contributed by atoms with Crippen LogP contribution in [0.25, 0.3) is 0 Å². The Morgan fingerprint density at radius 2 is 2.28 bits per heavy atom. The third-order valence-electron chi connectivity index (χ3n) is 4.16. The van der Waals surface area contributed by atoms with Crippen LogP contribution in [0.5, 0.6) is 0 Å². The first-order chi connectivity index (χ1) is 8.92. The van der Waals surface area contributed by atoms with Crippen LogP contribution in [0.4, 0.5) is 0 Å². The normalized spacial score (nSPS) is 23.9. The highest BCUT2D eigenvalue weighted by atomic mass is 16.3.